The Labute approximate surface area is 148 Å². The van der Waals surface area contributed by atoms with Gasteiger partial charge in [0, 0.05) is 39.5 Å². The molecule has 1 unspecified atom stereocenters. The monoisotopic (exact) mass is 397 g/mol. The van der Waals surface area contributed by atoms with Gasteiger partial charge in [-0.15, -0.1) is 0 Å². The Morgan fingerprint density at radius 1 is 1.38 bits per heavy atom. The predicted molar refractivity (Wildman–Crippen MR) is 92.3 cm³/mol. The zero-order chi connectivity index (χ0) is 17.1. The third-order valence-corrected chi connectivity index (χ3v) is 4.44. The van der Waals surface area contributed by atoms with E-state index in [9.17, 15) is 4.79 Å². The minimum atomic E-state index is -0.291. The van der Waals surface area contributed by atoms with Crippen LogP contribution < -0.4 is 4.90 Å². The molecule has 2 aromatic heterocycles. The summed E-state index contributed by atoms with van der Waals surface area (Å²) in [6, 6.07) is 1.93. The van der Waals surface area contributed by atoms with E-state index < -0.39 is 0 Å². The van der Waals surface area contributed by atoms with Gasteiger partial charge in [-0.2, -0.15) is 5.10 Å². The molecule has 0 N–H and O–H groups in total. The largest absolute Gasteiger partial charge is 0.444 e. The second kappa shape index (κ2) is 7.35. The maximum Gasteiger partial charge on any atom is 0.410 e. The molecule has 1 atom stereocenters. The maximum atomic E-state index is 12.1. The summed E-state index contributed by atoms with van der Waals surface area (Å²) in [7, 11) is 1.59. The Morgan fingerprint density at radius 2 is 2.12 bits per heavy atom. The molecule has 8 nitrogen and oxygen atoms in total. The summed E-state index contributed by atoms with van der Waals surface area (Å²) in [5, 5.41) is 4.19. The first-order chi connectivity index (χ1) is 11.6. The Kier molecular flexibility index (Phi) is 5.20. The SMILES string of the molecule is COCC(C)OC(=O)N1CCN(c2ccn3ncc(Br)c3n2)CC1. The van der Waals surface area contributed by atoms with Gasteiger partial charge in [0.1, 0.15) is 11.9 Å². The van der Waals surface area contributed by atoms with Crippen LogP contribution in [-0.2, 0) is 9.47 Å². The van der Waals surface area contributed by atoms with Gasteiger partial charge in [0.15, 0.2) is 5.65 Å². The summed E-state index contributed by atoms with van der Waals surface area (Å²) >= 11 is 3.45. The standard InChI is InChI=1S/C15H20BrN5O3/c1-11(10-23-2)24-15(22)20-7-5-19(6-8-20)13-3-4-21-14(18-13)12(16)9-17-21/h3-4,9,11H,5-8,10H2,1-2H3. The Balaban J connectivity index is 1.59. The van der Waals surface area contributed by atoms with Gasteiger partial charge in [-0.25, -0.2) is 14.3 Å². The molecule has 1 fully saturated rings. The molecule has 9 heteroatoms. The third-order valence-electron chi connectivity index (χ3n) is 3.88. The van der Waals surface area contributed by atoms with Crippen molar-refractivity contribution in [2.24, 2.45) is 0 Å². The molecule has 0 aliphatic carbocycles. The zero-order valence-corrected chi connectivity index (χ0v) is 15.3. The number of nitrogens with zero attached hydrogens (tertiary/aromatic N) is 5. The van der Waals surface area contributed by atoms with E-state index in [1.54, 1.807) is 22.7 Å². The summed E-state index contributed by atoms with van der Waals surface area (Å²) in [5.74, 6) is 0.879. The molecule has 3 rings (SSSR count). The first-order valence-electron chi connectivity index (χ1n) is 7.78. The minimum Gasteiger partial charge on any atom is -0.444 e. The van der Waals surface area contributed by atoms with Crippen molar-refractivity contribution < 1.29 is 14.3 Å². The van der Waals surface area contributed by atoms with E-state index in [2.05, 4.69) is 30.9 Å². The molecule has 0 bridgehead atoms. The molecule has 1 amide bonds. The van der Waals surface area contributed by atoms with E-state index in [1.165, 1.54) is 0 Å². The van der Waals surface area contributed by atoms with E-state index in [-0.39, 0.29) is 12.2 Å². The van der Waals surface area contributed by atoms with E-state index in [4.69, 9.17) is 9.47 Å². The maximum absolute atomic E-state index is 12.1. The number of amides is 1. The highest BCUT2D eigenvalue weighted by Gasteiger charge is 2.24. The van der Waals surface area contributed by atoms with Gasteiger partial charge in [0.05, 0.1) is 17.3 Å². The highest BCUT2D eigenvalue weighted by atomic mass is 79.9. The molecule has 3 heterocycles. The average Bonchev–Trinajstić information content (AvgIpc) is 2.96. The van der Waals surface area contributed by atoms with Crippen LogP contribution in [0.15, 0.2) is 22.9 Å². The van der Waals surface area contributed by atoms with Gasteiger partial charge < -0.3 is 19.3 Å². The number of ether oxygens (including phenoxy) is 2. The molecular weight excluding hydrogens is 378 g/mol. The fourth-order valence-corrected chi connectivity index (χ4v) is 3.00. The number of anilines is 1. The smallest absolute Gasteiger partial charge is 0.410 e. The molecular formula is C15H20BrN5O3. The van der Waals surface area contributed by atoms with Crippen LogP contribution in [0.1, 0.15) is 6.92 Å². The number of hydrogen-bond donors (Lipinski definition) is 0. The minimum absolute atomic E-state index is 0.246. The first-order valence-corrected chi connectivity index (χ1v) is 8.57. The van der Waals surface area contributed by atoms with Crippen LogP contribution in [0.4, 0.5) is 10.6 Å². The summed E-state index contributed by atoms with van der Waals surface area (Å²) in [6.07, 6.45) is 3.07. The normalized spacial score (nSPS) is 16.5. The summed E-state index contributed by atoms with van der Waals surface area (Å²) in [5.41, 5.74) is 0.780. The number of carbonyl (C=O) groups excluding carboxylic acids is 1. The molecule has 24 heavy (non-hydrogen) atoms. The third kappa shape index (κ3) is 3.62. The van der Waals surface area contributed by atoms with Gasteiger partial charge >= 0.3 is 6.09 Å². The molecule has 0 spiro atoms. The van der Waals surface area contributed by atoms with Crippen molar-refractivity contribution in [2.45, 2.75) is 13.0 Å². The number of hydrogen-bond acceptors (Lipinski definition) is 6. The molecule has 0 saturated carbocycles. The quantitative estimate of drug-likeness (QED) is 0.782. The lowest BCUT2D eigenvalue weighted by Crippen LogP contribution is -2.49. The highest BCUT2D eigenvalue weighted by molar-refractivity contribution is 9.10. The van der Waals surface area contributed by atoms with Crippen LogP contribution in [-0.4, -0.2) is 71.6 Å². The molecule has 1 saturated heterocycles. The van der Waals surface area contributed by atoms with E-state index in [0.29, 0.717) is 32.8 Å². The van der Waals surface area contributed by atoms with Crippen LogP contribution in [0, 0.1) is 0 Å². The molecule has 0 radical (unpaired) electrons. The van der Waals surface area contributed by atoms with Gasteiger partial charge in [0.25, 0.3) is 0 Å². The second-order valence-electron chi connectivity index (χ2n) is 5.67. The highest BCUT2D eigenvalue weighted by Crippen LogP contribution is 2.20. The van der Waals surface area contributed by atoms with Gasteiger partial charge in [-0.3, -0.25) is 0 Å². The molecule has 1 aliphatic rings. The van der Waals surface area contributed by atoms with Crippen molar-refractivity contribution in [1.82, 2.24) is 19.5 Å². The van der Waals surface area contributed by atoms with Crippen molar-refractivity contribution >= 4 is 33.5 Å². The first kappa shape index (κ1) is 17.0. The van der Waals surface area contributed by atoms with E-state index in [0.717, 1.165) is 15.9 Å². The number of rotatable bonds is 4. The number of carbonyl (C=O) groups is 1. The van der Waals surface area contributed by atoms with E-state index >= 15 is 0 Å². The summed E-state index contributed by atoms with van der Waals surface area (Å²) < 4.78 is 12.9. The van der Waals surface area contributed by atoms with Crippen molar-refractivity contribution in [2.75, 3.05) is 44.8 Å². The number of methoxy groups -OCH3 is 1. The van der Waals surface area contributed by atoms with E-state index in [1.807, 2.05) is 19.2 Å². The number of aromatic nitrogens is 3. The van der Waals surface area contributed by atoms with Crippen molar-refractivity contribution in [3.63, 3.8) is 0 Å². The van der Waals surface area contributed by atoms with Crippen molar-refractivity contribution in [3.05, 3.63) is 22.9 Å². The Morgan fingerprint density at radius 3 is 2.83 bits per heavy atom. The second-order valence-corrected chi connectivity index (χ2v) is 6.52. The lowest BCUT2D eigenvalue weighted by Gasteiger charge is -2.35. The fourth-order valence-electron chi connectivity index (χ4n) is 2.64. The van der Waals surface area contributed by atoms with Gasteiger partial charge in [0.2, 0.25) is 0 Å². The molecule has 1 aliphatic heterocycles. The Bertz CT molecular complexity index is 714. The molecule has 130 valence electrons. The number of halogens is 1. The lowest BCUT2D eigenvalue weighted by atomic mass is 10.3. The summed E-state index contributed by atoms with van der Waals surface area (Å²) in [4.78, 5) is 20.6. The summed E-state index contributed by atoms with van der Waals surface area (Å²) in [6.45, 7) is 4.85. The van der Waals surface area contributed by atoms with Crippen LogP contribution in [0.5, 0.6) is 0 Å². The van der Waals surface area contributed by atoms with Crippen LogP contribution >= 0.6 is 15.9 Å². The van der Waals surface area contributed by atoms with Gasteiger partial charge in [-0.05, 0) is 28.9 Å². The topological polar surface area (TPSA) is 72.2 Å². The van der Waals surface area contributed by atoms with Crippen LogP contribution in [0.3, 0.4) is 0 Å². The molecule has 2 aromatic rings. The number of piperazine rings is 1. The van der Waals surface area contributed by atoms with Crippen LogP contribution in [0.2, 0.25) is 0 Å². The van der Waals surface area contributed by atoms with Gasteiger partial charge in [-0.1, -0.05) is 0 Å². The lowest BCUT2D eigenvalue weighted by molar-refractivity contribution is 0.0277. The zero-order valence-electron chi connectivity index (χ0n) is 13.7. The fraction of sp³-hybridized carbons (Fsp3) is 0.533. The Hall–Kier alpha value is -1.87. The molecule has 0 aromatic carbocycles. The number of fused-ring (bicyclic) bond motifs is 1. The average molecular weight is 398 g/mol. The van der Waals surface area contributed by atoms with Crippen molar-refractivity contribution in [1.29, 1.82) is 0 Å². The predicted octanol–water partition coefficient (Wildman–Crippen LogP) is 1.79. The van der Waals surface area contributed by atoms with Crippen molar-refractivity contribution in [3.8, 4) is 0 Å². The van der Waals surface area contributed by atoms with Crippen LogP contribution in [0.25, 0.3) is 5.65 Å².